The molecule has 4 atom stereocenters. The second kappa shape index (κ2) is 5.68. The lowest BCUT2D eigenvalue weighted by Gasteiger charge is -2.23. The average Bonchev–Trinajstić information content (AvgIpc) is 3.36. The molecule has 138 valence electrons. The second-order valence-corrected chi connectivity index (χ2v) is 7.56. The fourth-order valence-electron chi connectivity index (χ4n) is 4.26. The van der Waals surface area contributed by atoms with Gasteiger partial charge in [-0.1, -0.05) is 35.0 Å². The number of rotatable bonds is 3. The first-order valence-corrected chi connectivity index (χ1v) is 9.03. The predicted molar refractivity (Wildman–Crippen MR) is 97.4 cm³/mol. The van der Waals surface area contributed by atoms with Gasteiger partial charge in [-0.05, 0) is 25.1 Å². The highest BCUT2D eigenvalue weighted by molar-refractivity contribution is 6.30. The number of amides is 2. The maximum Gasteiger partial charge on any atom is 0.235 e. The number of benzene rings is 1. The molecule has 27 heavy (non-hydrogen) atoms. The molecule has 4 unspecified atom stereocenters. The Hall–Kier alpha value is -2.64. The fraction of sp³-hybridized carbons (Fsp3) is 0.316. The van der Waals surface area contributed by atoms with Crippen LogP contribution in [0.25, 0.3) is 0 Å². The van der Waals surface area contributed by atoms with Gasteiger partial charge in [0.25, 0.3) is 0 Å². The van der Waals surface area contributed by atoms with Gasteiger partial charge in [0.1, 0.15) is 11.4 Å². The molecule has 2 saturated heterocycles. The van der Waals surface area contributed by atoms with E-state index in [4.69, 9.17) is 20.9 Å². The highest BCUT2D eigenvalue weighted by Crippen LogP contribution is 2.52. The monoisotopic (exact) mass is 385 g/mol. The number of carbonyl (C=O) groups is 2. The lowest BCUT2D eigenvalue weighted by atomic mass is 9.77. The zero-order chi connectivity index (χ0) is 18.8. The third kappa shape index (κ3) is 2.42. The first-order chi connectivity index (χ1) is 13.0. The lowest BCUT2D eigenvalue weighted by molar-refractivity contribution is -0.128. The molecule has 7 nitrogen and oxygen atoms in total. The smallest absolute Gasteiger partial charge is 0.235 e. The topological polar surface area (TPSA) is 84.7 Å². The zero-order valence-electron chi connectivity index (χ0n) is 14.4. The van der Waals surface area contributed by atoms with E-state index in [1.165, 1.54) is 4.90 Å². The number of aryl methyl sites for hydroxylation is 1. The Morgan fingerprint density at radius 1 is 1.41 bits per heavy atom. The van der Waals surface area contributed by atoms with E-state index in [0.717, 1.165) is 0 Å². The average molecular weight is 386 g/mol. The highest BCUT2D eigenvalue weighted by atomic mass is 35.5. The molecule has 0 radical (unpaired) electrons. The minimum atomic E-state index is -0.801. The third-order valence-electron chi connectivity index (χ3n) is 5.39. The Balaban J connectivity index is 1.44. The van der Waals surface area contributed by atoms with Crippen LogP contribution in [0, 0.1) is 18.8 Å². The van der Waals surface area contributed by atoms with Gasteiger partial charge in [-0.15, -0.1) is 0 Å². The van der Waals surface area contributed by atoms with Gasteiger partial charge in [0.2, 0.25) is 11.8 Å². The quantitative estimate of drug-likeness (QED) is 0.821. The van der Waals surface area contributed by atoms with Crippen molar-refractivity contribution in [2.45, 2.75) is 18.6 Å². The molecule has 3 aliphatic heterocycles. The Morgan fingerprint density at radius 3 is 3.00 bits per heavy atom. The van der Waals surface area contributed by atoms with Gasteiger partial charge < -0.3 is 14.6 Å². The molecule has 8 heteroatoms. The van der Waals surface area contributed by atoms with Gasteiger partial charge in [-0.2, -0.15) is 0 Å². The summed E-state index contributed by atoms with van der Waals surface area (Å²) in [5.74, 6) is -0.589. The van der Waals surface area contributed by atoms with E-state index in [2.05, 4.69) is 10.5 Å². The van der Waals surface area contributed by atoms with Crippen LogP contribution in [0.15, 0.2) is 47.0 Å². The standard InChI is InChI=1S/C19H16ClN3O4/c1-10-7-14(22-27-10)23-9-19-6-5-13(26-19)15(16(19)18(23)25)17(24)21-12-4-2-3-11(20)8-12/h2-8,13,15-16H,9H2,1H3,(H,21,24). The molecule has 4 heterocycles. The van der Waals surface area contributed by atoms with Gasteiger partial charge in [-0.3, -0.25) is 14.5 Å². The van der Waals surface area contributed by atoms with Gasteiger partial charge in [0, 0.05) is 16.8 Å². The third-order valence-corrected chi connectivity index (χ3v) is 5.62. The molecular weight excluding hydrogens is 370 g/mol. The summed E-state index contributed by atoms with van der Waals surface area (Å²) in [5.41, 5.74) is -0.215. The molecule has 2 bridgehead atoms. The number of fused-ring (bicyclic) bond motifs is 1. The van der Waals surface area contributed by atoms with Crippen LogP contribution in [0.2, 0.25) is 5.02 Å². The summed E-state index contributed by atoms with van der Waals surface area (Å²) in [6.07, 6.45) is 3.35. The molecule has 3 aliphatic rings. The van der Waals surface area contributed by atoms with E-state index in [0.29, 0.717) is 28.8 Å². The van der Waals surface area contributed by atoms with Crippen molar-refractivity contribution in [1.82, 2.24) is 5.16 Å². The van der Waals surface area contributed by atoms with Crippen molar-refractivity contribution in [3.8, 4) is 0 Å². The van der Waals surface area contributed by atoms with Crippen LogP contribution in [0.4, 0.5) is 11.5 Å². The number of anilines is 2. The van der Waals surface area contributed by atoms with Gasteiger partial charge in [0.05, 0.1) is 24.5 Å². The molecule has 5 rings (SSSR count). The zero-order valence-corrected chi connectivity index (χ0v) is 15.1. The maximum atomic E-state index is 13.1. The van der Waals surface area contributed by atoms with Gasteiger partial charge in [0.15, 0.2) is 5.82 Å². The van der Waals surface area contributed by atoms with Crippen molar-refractivity contribution < 1.29 is 18.8 Å². The van der Waals surface area contributed by atoms with E-state index in [1.54, 1.807) is 37.3 Å². The summed E-state index contributed by atoms with van der Waals surface area (Å²) in [6.45, 7) is 2.08. The van der Waals surface area contributed by atoms with Crippen molar-refractivity contribution in [1.29, 1.82) is 0 Å². The van der Waals surface area contributed by atoms with Crippen LogP contribution in [0.3, 0.4) is 0 Å². The van der Waals surface area contributed by atoms with Crippen molar-refractivity contribution in [2.24, 2.45) is 11.8 Å². The minimum absolute atomic E-state index is 0.179. The Kier molecular flexibility index (Phi) is 3.47. The predicted octanol–water partition coefficient (Wildman–Crippen LogP) is 2.56. The first kappa shape index (κ1) is 16.5. The van der Waals surface area contributed by atoms with Crippen molar-refractivity contribution in [3.05, 3.63) is 53.3 Å². The minimum Gasteiger partial charge on any atom is -0.360 e. The molecule has 1 N–H and O–H groups in total. The Morgan fingerprint density at radius 2 is 2.26 bits per heavy atom. The normalized spacial score (nSPS) is 30.8. The maximum absolute atomic E-state index is 13.1. The molecule has 2 amide bonds. The van der Waals surface area contributed by atoms with Crippen molar-refractivity contribution in [3.63, 3.8) is 0 Å². The summed E-state index contributed by atoms with van der Waals surface area (Å²) in [4.78, 5) is 27.6. The fourth-order valence-corrected chi connectivity index (χ4v) is 4.45. The number of hydrogen-bond acceptors (Lipinski definition) is 5. The SMILES string of the molecule is Cc1cc(N2CC34C=CC(O3)C(C(=O)Nc3cccc(Cl)c3)C4C2=O)no1. The molecule has 0 aliphatic carbocycles. The number of carbonyl (C=O) groups excluding carboxylic acids is 2. The van der Waals surface area contributed by atoms with Crippen LogP contribution in [-0.2, 0) is 14.3 Å². The molecule has 2 aromatic rings. The number of nitrogens with one attached hydrogen (secondary N) is 1. The second-order valence-electron chi connectivity index (χ2n) is 7.12. The van der Waals surface area contributed by atoms with E-state index < -0.39 is 23.5 Å². The number of nitrogens with zero attached hydrogens (tertiary/aromatic N) is 2. The molecule has 2 fully saturated rings. The summed E-state index contributed by atoms with van der Waals surface area (Å²) < 4.78 is 11.2. The number of aromatic nitrogens is 1. The molecule has 1 aromatic heterocycles. The van der Waals surface area contributed by atoms with E-state index in [9.17, 15) is 9.59 Å². The molecule has 1 aromatic carbocycles. The number of ether oxygens (including phenoxy) is 1. The Bertz CT molecular complexity index is 987. The summed E-state index contributed by atoms with van der Waals surface area (Å²) >= 11 is 5.99. The molecule has 1 spiro atoms. The van der Waals surface area contributed by atoms with Crippen LogP contribution >= 0.6 is 11.6 Å². The lowest BCUT2D eigenvalue weighted by Crippen LogP contribution is -2.41. The van der Waals surface area contributed by atoms with Gasteiger partial charge >= 0.3 is 0 Å². The van der Waals surface area contributed by atoms with Crippen LogP contribution in [-0.4, -0.2) is 35.2 Å². The summed E-state index contributed by atoms with van der Waals surface area (Å²) in [7, 11) is 0. The Labute approximate surface area is 159 Å². The first-order valence-electron chi connectivity index (χ1n) is 8.65. The molecule has 0 saturated carbocycles. The van der Waals surface area contributed by atoms with E-state index in [-0.39, 0.29) is 11.8 Å². The van der Waals surface area contributed by atoms with Crippen LogP contribution in [0.1, 0.15) is 5.76 Å². The van der Waals surface area contributed by atoms with Crippen molar-refractivity contribution in [2.75, 3.05) is 16.8 Å². The summed E-state index contributed by atoms with van der Waals surface area (Å²) in [6, 6.07) is 8.61. The van der Waals surface area contributed by atoms with E-state index >= 15 is 0 Å². The van der Waals surface area contributed by atoms with Crippen LogP contribution in [0.5, 0.6) is 0 Å². The van der Waals surface area contributed by atoms with Crippen LogP contribution < -0.4 is 10.2 Å². The summed E-state index contributed by atoms with van der Waals surface area (Å²) in [5, 5.41) is 7.32. The molecular formula is C19H16ClN3O4. The van der Waals surface area contributed by atoms with Crippen molar-refractivity contribution >= 4 is 34.9 Å². The largest absolute Gasteiger partial charge is 0.360 e. The highest BCUT2D eigenvalue weighted by Gasteiger charge is 2.67. The van der Waals surface area contributed by atoms with Gasteiger partial charge in [-0.25, -0.2) is 0 Å². The van der Waals surface area contributed by atoms with E-state index in [1.807, 2.05) is 12.2 Å². The number of halogens is 1. The number of hydrogen-bond donors (Lipinski definition) is 1.